The minimum absolute atomic E-state index is 0.156. The van der Waals surface area contributed by atoms with E-state index in [2.05, 4.69) is 17.1 Å². The van der Waals surface area contributed by atoms with Crippen molar-refractivity contribution in [1.82, 2.24) is 4.57 Å². The van der Waals surface area contributed by atoms with Crippen molar-refractivity contribution in [3.05, 3.63) is 60.3 Å². The van der Waals surface area contributed by atoms with Gasteiger partial charge in [-0.15, -0.1) is 0 Å². The van der Waals surface area contributed by atoms with Gasteiger partial charge in [0.05, 0.1) is 6.04 Å². The third-order valence-electron chi connectivity index (χ3n) is 4.41. The first-order valence-corrected chi connectivity index (χ1v) is 8.05. The summed E-state index contributed by atoms with van der Waals surface area (Å²) in [6, 6.07) is 16.5. The highest BCUT2D eigenvalue weighted by Crippen LogP contribution is 2.29. The smallest absolute Gasteiger partial charge is 0.282 e. The van der Waals surface area contributed by atoms with Gasteiger partial charge >= 0.3 is 0 Å². The highest BCUT2D eigenvalue weighted by Gasteiger charge is 2.16. The SMILES string of the molecule is NC1=N[C@@H](CCc2ccc(-n3cc4ccccc4c3O)cc2)CO1. The second-order valence-corrected chi connectivity index (χ2v) is 6.05. The van der Waals surface area contributed by atoms with Crippen molar-refractivity contribution >= 4 is 16.8 Å². The summed E-state index contributed by atoms with van der Waals surface area (Å²) in [5, 5.41) is 12.3. The van der Waals surface area contributed by atoms with Crippen molar-refractivity contribution in [3.63, 3.8) is 0 Å². The van der Waals surface area contributed by atoms with E-state index < -0.39 is 0 Å². The Kier molecular flexibility index (Phi) is 3.61. The Balaban J connectivity index is 1.51. The van der Waals surface area contributed by atoms with Crippen LogP contribution in [-0.4, -0.2) is 28.3 Å². The maximum atomic E-state index is 10.4. The Morgan fingerprint density at radius 3 is 2.67 bits per heavy atom. The first kappa shape index (κ1) is 14.6. The molecule has 5 nitrogen and oxygen atoms in total. The summed E-state index contributed by atoms with van der Waals surface area (Å²) >= 11 is 0. The van der Waals surface area contributed by atoms with Gasteiger partial charge < -0.3 is 15.6 Å². The quantitative estimate of drug-likeness (QED) is 0.776. The van der Waals surface area contributed by atoms with Gasteiger partial charge in [0.25, 0.3) is 6.02 Å². The number of nitrogens with zero attached hydrogens (tertiary/aromatic N) is 2. The topological polar surface area (TPSA) is 72.8 Å². The van der Waals surface area contributed by atoms with Gasteiger partial charge in [0.15, 0.2) is 0 Å². The molecular formula is C19H19N3O2. The van der Waals surface area contributed by atoms with E-state index in [0.29, 0.717) is 12.6 Å². The molecule has 3 N–H and O–H groups in total. The van der Waals surface area contributed by atoms with Crippen LogP contribution in [0.15, 0.2) is 59.7 Å². The van der Waals surface area contributed by atoms with E-state index in [0.717, 1.165) is 29.3 Å². The lowest BCUT2D eigenvalue weighted by atomic mass is 10.1. The molecule has 24 heavy (non-hydrogen) atoms. The number of hydrogen-bond acceptors (Lipinski definition) is 4. The average molecular weight is 321 g/mol. The van der Waals surface area contributed by atoms with Crippen molar-refractivity contribution in [2.75, 3.05) is 6.61 Å². The molecule has 0 fully saturated rings. The lowest BCUT2D eigenvalue weighted by Gasteiger charge is -2.08. The highest BCUT2D eigenvalue weighted by atomic mass is 16.5. The number of ether oxygens (including phenoxy) is 1. The monoisotopic (exact) mass is 321 g/mol. The number of benzene rings is 2. The second kappa shape index (κ2) is 5.92. The predicted octanol–water partition coefficient (Wildman–Crippen LogP) is 2.98. The van der Waals surface area contributed by atoms with Crippen LogP contribution < -0.4 is 5.73 Å². The number of rotatable bonds is 4. The molecule has 5 heteroatoms. The van der Waals surface area contributed by atoms with Crippen LogP contribution in [0.2, 0.25) is 0 Å². The van der Waals surface area contributed by atoms with Crippen LogP contribution >= 0.6 is 0 Å². The predicted molar refractivity (Wildman–Crippen MR) is 94.6 cm³/mol. The first-order valence-electron chi connectivity index (χ1n) is 8.05. The number of nitrogens with two attached hydrogens (primary N) is 1. The van der Waals surface area contributed by atoms with Crippen LogP contribution in [-0.2, 0) is 11.2 Å². The lowest BCUT2D eigenvalue weighted by Crippen LogP contribution is -2.10. The van der Waals surface area contributed by atoms with Crippen LogP contribution in [0.3, 0.4) is 0 Å². The van der Waals surface area contributed by atoms with E-state index in [-0.39, 0.29) is 11.9 Å². The molecule has 0 unspecified atom stereocenters. The molecular weight excluding hydrogens is 302 g/mol. The van der Waals surface area contributed by atoms with E-state index in [9.17, 15) is 5.11 Å². The Morgan fingerprint density at radius 2 is 1.96 bits per heavy atom. The molecule has 3 aromatic rings. The number of fused-ring (bicyclic) bond motifs is 1. The van der Waals surface area contributed by atoms with Gasteiger partial charge in [0.2, 0.25) is 5.88 Å². The zero-order valence-corrected chi connectivity index (χ0v) is 13.2. The summed E-state index contributed by atoms with van der Waals surface area (Å²) in [6.07, 6.45) is 3.79. The van der Waals surface area contributed by atoms with Gasteiger partial charge in [-0.05, 0) is 36.6 Å². The molecule has 0 aliphatic carbocycles. The summed E-state index contributed by atoms with van der Waals surface area (Å²) in [7, 11) is 0. The number of aromatic hydroxyl groups is 1. The van der Waals surface area contributed by atoms with Crippen molar-refractivity contribution in [2.45, 2.75) is 18.9 Å². The molecule has 0 radical (unpaired) electrons. The summed E-state index contributed by atoms with van der Waals surface area (Å²) in [6.45, 7) is 0.577. The first-order chi connectivity index (χ1) is 11.7. The fourth-order valence-electron chi connectivity index (χ4n) is 3.08. The van der Waals surface area contributed by atoms with Gasteiger partial charge in [0.1, 0.15) is 6.61 Å². The maximum absolute atomic E-state index is 10.4. The molecule has 1 aromatic heterocycles. The minimum Gasteiger partial charge on any atom is -0.494 e. The Morgan fingerprint density at radius 1 is 1.17 bits per heavy atom. The van der Waals surface area contributed by atoms with Gasteiger partial charge in [-0.2, -0.15) is 0 Å². The number of hydrogen-bond donors (Lipinski definition) is 2. The van der Waals surface area contributed by atoms with E-state index in [1.807, 2.05) is 47.2 Å². The molecule has 1 atom stereocenters. The van der Waals surface area contributed by atoms with Crippen molar-refractivity contribution in [2.24, 2.45) is 10.7 Å². The van der Waals surface area contributed by atoms with Crippen LogP contribution in [0.1, 0.15) is 12.0 Å². The van der Waals surface area contributed by atoms with Crippen LogP contribution in [0.25, 0.3) is 16.5 Å². The molecule has 0 spiro atoms. The second-order valence-electron chi connectivity index (χ2n) is 6.05. The summed E-state index contributed by atoms with van der Waals surface area (Å²) in [4.78, 5) is 4.24. The van der Waals surface area contributed by atoms with Gasteiger partial charge in [-0.3, -0.25) is 4.57 Å². The minimum atomic E-state index is 0.156. The standard InChI is InChI=1S/C19H19N3O2/c20-19-21-15(12-24-19)8-5-13-6-9-16(10-7-13)22-11-14-3-1-2-4-17(14)18(22)23/h1-4,6-7,9-11,15,23H,5,8,12H2,(H2,20,21)/t15-/m0/s1. The molecule has 4 rings (SSSR count). The summed E-state index contributed by atoms with van der Waals surface area (Å²) in [5.74, 6) is 0.270. The highest BCUT2D eigenvalue weighted by molar-refractivity contribution is 5.88. The zero-order valence-electron chi connectivity index (χ0n) is 13.2. The van der Waals surface area contributed by atoms with Crippen LogP contribution in [0, 0.1) is 0 Å². The fourth-order valence-corrected chi connectivity index (χ4v) is 3.08. The average Bonchev–Trinajstić information content (AvgIpc) is 3.17. The molecule has 2 heterocycles. The van der Waals surface area contributed by atoms with Crippen LogP contribution in [0.5, 0.6) is 5.88 Å². The number of aliphatic imine (C=N–C) groups is 1. The molecule has 0 saturated heterocycles. The number of aryl methyl sites for hydroxylation is 1. The fraction of sp³-hybridized carbons (Fsp3) is 0.211. The van der Waals surface area contributed by atoms with E-state index >= 15 is 0 Å². The molecule has 0 saturated carbocycles. The Bertz CT molecular complexity index is 897. The number of amidine groups is 1. The molecule has 122 valence electrons. The molecule has 1 aliphatic heterocycles. The van der Waals surface area contributed by atoms with Gasteiger partial charge in [0, 0.05) is 22.7 Å². The molecule has 1 aliphatic rings. The van der Waals surface area contributed by atoms with Crippen LogP contribution in [0.4, 0.5) is 0 Å². The maximum Gasteiger partial charge on any atom is 0.282 e. The summed E-state index contributed by atoms with van der Waals surface area (Å²) in [5.41, 5.74) is 7.70. The molecule has 0 amide bonds. The Labute approximate surface area is 140 Å². The Hall–Kier alpha value is -2.95. The van der Waals surface area contributed by atoms with Gasteiger partial charge in [-0.25, -0.2) is 4.99 Å². The van der Waals surface area contributed by atoms with Crippen molar-refractivity contribution in [3.8, 4) is 11.6 Å². The van der Waals surface area contributed by atoms with E-state index in [1.165, 1.54) is 5.56 Å². The normalized spacial score (nSPS) is 17.0. The van der Waals surface area contributed by atoms with Gasteiger partial charge in [-0.1, -0.05) is 30.3 Å². The third kappa shape index (κ3) is 2.69. The third-order valence-corrected chi connectivity index (χ3v) is 4.41. The zero-order chi connectivity index (χ0) is 16.5. The molecule has 2 aromatic carbocycles. The van der Waals surface area contributed by atoms with E-state index in [1.54, 1.807) is 0 Å². The van der Waals surface area contributed by atoms with Crippen molar-refractivity contribution in [1.29, 1.82) is 0 Å². The largest absolute Gasteiger partial charge is 0.494 e. The van der Waals surface area contributed by atoms with Crippen molar-refractivity contribution < 1.29 is 9.84 Å². The van der Waals surface area contributed by atoms with E-state index in [4.69, 9.17) is 10.5 Å². The lowest BCUT2D eigenvalue weighted by molar-refractivity contribution is 0.308. The molecule has 0 bridgehead atoms. The summed E-state index contributed by atoms with van der Waals surface area (Å²) < 4.78 is 6.98. The number of aromatic nitrogens is 1.